The van der Waals surface area contributed by atoms with Gasteiger partial charge in [-0.05, 0) is 18.3 Å². The third kappa shape index (κ3) is 3.42. The summed E-state index contributed by atoms with van der Waals surface area (Å²) in [5.41, 5.74) is 0.390. The van der Waals surface area contributed by atoms with Gasteiger partial charge in [0.1, 0.15) is 5.82 Å². The number of carboxylic acids is 1. The summed E-state index contributed by atoms with van der Waals surface area (Å²) in [5.74, 6) is -0.530. The van der Waals surface area contributed by atoms with Gasteiger partial charge in [-0.3, -0.25) is 4.79 Å². The number of carbonyl (C=O) groups is 1. The summed E-state index contributed by atoms with van der Waals surface area (Å²) in [6.45, 7) is 8.02. The van der Waals surface area contributed by atoms with Crippen molar-refractivity contribution in [3.63, 3.8) is 0 Å². The third-order valence-electron chi connectivity index (χ3n) is 4.62. The van der Waals surface area contributed by atoms with Gasteiger partial charge in [0, 0.05) is 23.4 Å². The van der Waals surface area contributed by atoms with E-state index in [1.54, 1.807) is 12.4 Å². The molecule has 0 aliphatic heterocycles. The number of hydrogen-bond donors (Lipinski definition) is 1. The van der Waals surface area contributed by atoms with Gasteiger partial charge in [-0.25, -0.2) is 9.97 Å². The van der Waals surface area contributed by atoms with E-state index < -0.39 is 11.9 Å². The Morgan fingerprint density at radius 2 is 1.71 bits per heavy atom. The number of carboxylic acid groups (broad SMARTS) is 1. The lowest BCUT2D eigenvalue weighted by Gasteiger charge is -2.32. The second-order valence-electron chi connectivity index (χ2n) is 7.60. The maximum atomic E-state index is 11.5. The molecule has 0 saturated heterocycles. The van der Waals surface area contributed by atoms with E-state index in [4.69, 9.17) is 0 Å². The standard InChI is InChI=1S/C17H26N2O2/c1-16(2,3)13(14(20)21)12-10-18-15(19-11-12)17(4)8-6-5-7-9-17/h10-11,13H,5-9H2,1-4H3,(H,20,21)/t13-/m0/s1. The van der Waals surface area contributed by atoms with Crippen molar-refractivity contribution in [3.05, 3.63) is 23.8 Å². The number of aliphatic carboxylic acids is 1. The fourth-order valence-corrected chi connectivity index (χ4v) is 3.37. The SMILES string of the molecule is CC1(c2ncc([C@@H](C(=O)O)C(C)(C)C)cn2)CCCCC1. The summed E-state index contributed by atoms with van der Waals surface area (Å²) in [6, 6.07) is 0. The first-order chi connectivity index (χ1) is 9.74. The summed E-state index contributed by atoms with van der Waals surface area (Å²) < 4.78 is 0. The highest BCUT2D eigenvalue weighted by atomic mass is 16.4. The van der Waals surface area contributed by atoms with Gasteiger partial charge in [-0.15, -0.1) is 0 Å². The van der Waals surface area contributed by atoms with Crippen LogP contribution in [0.5, 0.6) is 0 Å². The first-order valence-corrected chi connectivity index (χ1v) is 7.79. The van der Waals surface area contributed by atoms with Crippen LogP contribution >= 0.6 is 0 Å². The zero-order chi connectivity index (χ0) is 15.7. The molecule has 0 radical (unpaired) electrons. The Morgan fingerprint density at radius 3 is 2.14 bits per heavy atom. The zero-order valence-corrected chi connectivity index (χ0v) is 13.5. The first kappa shape index (κ1) is 15.9. The molecule has 1 aromatic heterocycles. The largest absolute Gasteiger partial charge is 0.481 e. The molecule has 116 valence electrons. The molecule has 4 heteroatoms. The van der Waals surface area contributed by atoms with Crippen molar-refractivity contribution in [2.24, 2.45) is 5.41 Å². The third-order valence-corrected chi connectivity index (χ3v) is 4.62. The summed E-state index contributed by atoms with van der Waals surface area (Å²) in [7, 11) is 0. The Bertz CT molecular complexity index is 497. The van der Waals surface area contributed by atoms with Crippen LogP contribution in [-0.2, 0) is 10.2 Å². The average Bonchev–Trinajstić information content (AvgIpc) is 2.38. The van der Waals surface area contributed by atoms with E-state index in [9.17, 15) is 9.90 Å². The van der Waals surface area contributed by atoms with Crippen molar-refractivity contribution in [2.75, 3.05) is 0 Å². The maximum absolute atomic E-state index is 11.5. The predicted molar refractivity (Wildman–Crippen MR) is 82.3 cm³/mol. The fourth-order valence-electron chi connectivity index (χ4n) is 3.37. The second-order valence-corrected chi connectivity index (χ2v) is 7.60. The molecular weight excluding hydrogens is 264 g/mol. The van der Waals surface area contributed by atoms with Gasteiger partial charge < -0.3 is 5.11 Å². The molecule has 21 heavy (non-hydrogen) atoms. The molecule has 1 saturated carbocycles. The van der Waals surface area contributed by atoms with E-state index >= 15 is 0 Å². The highest BCUT2D eigenvalue weighted by Gasteiger charge is 2.35. The Hall–Kier alpha value is -1.45. The Kier molecular flexibility index (Phi) is 4.35. The van der Waals surface area contributed by atoms with Crippen LogP contribution in [0.1, 0.15) is 77.1 Å². The molecule has 0 unspecified atom stereocenters. The van der Waals surface area contributed by atoms with Crippen molar-refractivity contribution >= 4 is 5.97 Å². The van der Waals surface area contributed by atoms with E-state index in [-0.39, 0.29) is 10.8 Å². The van der Waals surface area contributed by atoms with E-state index in [1.807, 2.05) is 20.8 Å². The molecule has 1 aliphatic rings. The van der Waals surface area contributed by atoms with Crippen LogP contribution in [0.25, 0.3) is 0 Å². The predicted octanol–water partition coefficient (Wildman–Crippen LogP) is 3.91. The van der Waals surface area contributed by atoms with Gasteiger partial charge in [0.15, 0.2) is 0 Å². The molecule has 1 heterocycles. The van der Waals surface area contributed by atoms with Gasteiger partial charge in [-0.2, -0.15) is 0 Å². The maximum Gasteiger partial charge on any atom is 0.311 e. The zero-order valence-electron chi connectivity index (χ0n) is 13.5. The molecular formula is C17H26N2O2. The van der Waals surface area contributed by atoms with E-state index in [1.165, 1.54) is 19.3 Å². The molecule has 0 aromatic carbocycles. The average molecular weight is 290 g/mol. The Balaban J connectivity index is 2.27. The minimum absolute atomic E-state index is 0.0528. The van der Waals surface area contributed by atoms with E-state index in [2.05, 4.69) is 16.9 Å². The van der Waals surface area contributed by atoms with Gasteiger partial charge in [0.2, 0.25) is 0 Å². The lowest BCUT2D eigenvalue weighted by Crippen LogP contribution is -2.29. The van der Waals surface area contributed by atoms with Gasteiger partial charge in [0.25, 0.3) is 0 Å². The van der Waals surface area contributed by atoms with E-state index in [0.29, 0.717) is 5.56 Å². The van der Waals surface area contributed by atoms with Gasteiger partial charge >= 0.3 is 5.97 Å². The van der Waals surface area contributed by atoms with Crippen molar-refractivity contribution in [1.29, 1.82) is 0 Å². The van der Waals surface area contributed by atoms with Gasteiger partial charge in [-0.1, -0.05) is 47.0 Å². The molecule has 0 spiro atoms. The number of rotatable bonds is 3. The topological polar surface area (TPSA) is 63.1 Å². The molecule has 2 rings (SSSR count). The van der Waals surface area contributed by atoms with Gasteiger partial charge in [0.05, 0.1) is 5.92 Å². The van der Waals surface area contributed by atoms with Crippen molar-refractivity contribution < 1.29 is 9.90 Å². The van der Waals surface area contributed by atoms with Crippen LogP contribution in [0.3, 0.4) is 0 Å². The molecule has 4 nitrogen and oxygen atoms in total. The highest BCUT2D eigenvalue weighted by Crippen LogP contribution is 2.38. The quantitative estimate of drug-likeness (QED) is 0.916. The van der Waals surface area contributed by atoms with Crippen molar-refractivity contribution in [2.45, 2.75) is 71.1 Å². The molecule has 1 atom stereocenters. The lowest BCUT2D eigenvalue weighted by atomic mass is 9.74. The van der Waals surface area contributed by atoms with Crippen LogP contribution in [0.15, 0.2) is 12.4 Å². The molecule has 0 bridgehead atoms. The van der Waals surface area contributed by atoms with Crippen molar-refractivity contribution in [3.8, 4) is 0 Å². The fraction of sp³-hybridized carbons (Fsp3) is 0.706. The minimum atomic E-state index is -0.817. The van der Waals surface area contributed by atoms with Crippen LogP contribution < -0.4 is 0 Å². The number of nitrogens with zero attached hydrogens (tertiary/aromatic N) is 2. The summed E-state index contributed by atoms with van der Waals surface area (Å²) in [4.78, 5) is 20.6. The second kappa shape index (κ2) is 5.74. The van der Waals surface area contributed by atoms with Crippen LogP contribution in [0.2, 0.25) is 0 Å². The number of aromatic nitrogens is 2. The van der Waals surface area contributed by atoms with E-state index in [0.717, 1.165) is 18.7 Å². The lowest BCUT2D eigenvalue weighted by molar-refractivity contribution is -0.141. The molecule has 0 amide bonds. The smallest absolute Gasteiger partial charge is 0.311 e. The minimum Gasteiger partial charge on any atom is -0.481 e. The first-order valence-electron chi connectivity index (χ1n) is 7.79. The van der Waals surface area contributed by atoms with Crippen molar-refractivity contribution in [1.82, 2.24) is 9.97 Å². The molecule has 1 N–H and O–H groups in total. The van der Waals surface area contributed by atoms with Crippen LogP contribution in [0, 0.1) is 5.41 Å². The van der Waals surface area contributed by atoms with Crippen LogP contribution in [-0.4, -0.2) is 21.0 Å². The summed E-state index contributed by atoms with van der Waals surface area (Å²) in [6.07, 6.45) is 9.40. The summed E-state index contributed by atoms with van der Waals surface area (Å²) in [5, 5.41) is 9.48. The number of hydrogen-bond acceptors (Lipinski definition) is 3. The molecule has 1 aromatic rings. The van der Waals surface area contributed by atoms with Crippen LogP contribution in [0.4, 0.5) is 0 Å². The Morgan fingerprint density at radius 1 is 1.19 bits per heavy atom. The Labute approximate surface area is 127 Å². The normalized spacial score (nSPS) is 20.0. The summed E-state index contributed by atoms with van der Waals surface area (Å²) >= 11 is 0. The molecule has 1 aliphatic carbocycles. The monoisotopic (exact) mass is 290 g/mol. The molecule has 1 fully saturated rings. The highest BCUT2D eigenvalue weighted by molar-refractivity contribution is 5.76.